The van der Waals surface area contributed by atoms with Gasteiger partial charge >= 0.3 is 17.9 Å². The molecule has 0 bridgehead atoms. The smallest absolute Gasteiger partial charge is 0.301 e. The molecule has 0 aromatic heterocycles. The Hall–Kier alpha value is -0.180. The summed E-state index contributed by atoms with van der Waals surface area (Å²) in [6.07, 6.45) is -4.04. The van der Waals surface area contributed by atoms with E-state index in [0.717, 1.165) is 0 Å². The van der Waals surface area contributed by atoms with E-state index in [1.54, 1.807) is 0 Å². The third-order valence-corrected chi connectivity index (χ3v) is 1.15. The summed E-state index contributed by atoms with van der Waals surface area (Å²) < 4.78 is 83.4. The molecular formula is C4H3F7OS. The lowest BCUT2D eigenvalue weighted by Gasteiger charge is -2.14. The lowest BCUT2D eigenvalue weighted by atomic mass is 10.4. The average Bonchev–Trinajstić information content (AvgIpc) is 1.82. The van der Waals surface area contributed by atoms with Crippen LogP contribution in [0.2, 0.25) is 0 Å². The van der Waals surface area contributed by atoms with Crippen molar-refractivity contribution in [3.8, 4) is 0 Å². The van der Waals surface area contributed by atoms with E-state index in [2.05, 4.69) is 4.18 Å². The van der Waals surface area contributed by atoms with Crippen molar-refractivity contribution in [2.24, 2.45) is 0 Å². The molecular weight excluding hydrogens is 229 g/mol. The van der Waals surface area contributed by atoms with Gasteiger partial charge in [0.15, 0.2) is 0 Å². The largest absolute Gasteiger partial charge is 0.467 e. The second-order valence-electron chi connectivity index (χ2n) is 1.85. The van der Waals surface area contributed by atoms with Crippen molar-refractivity contribution in [1.82, 2.24) is 0 Å². The Morgan fingerprint density at radius 2 is 1.54 bits per heavy atom. The standard InChI is InChI=1S/C4H3F7OS/c5-2(6)3(7,8)1-12-13-4(9,10)11/h2H,1H2. The molecule has 80 valence electrons. The molecule has 0 spiro atoms. The van der Waals surface area contributed by atoms with E-state index in [1.165, 1.54) is 0 Å². The van der Waals surface area contributed by atoms with Crippen LogP contribution in [-0.4, -0.2) is 24.5 Å². The van der Waals surface area contributed by atoms with Crippen molar-refractivity contribution < 1.29 is 34.9 Å². The lowest BCUT2D eigenvalue weighted by molar-refractivity contribution is -0.147. The topological polar surface area (TPSA) is 9.23 Å². The fraction of sp³-hybridized carbons (Fsp3) is 1.00. The van der Waals surface area contributed by atoms with Crippen LogP contribution in [0.3, 0.4) is 0 Å². The summed E-state index contributed by atoms with van der Waals surface area (Å²) >= 11 is -1.24. The molecule has 0 radical (unpaired) electrons. The number of rotatable bonds is 4. The van der Waals surface area contributed by atoms with Crippen molar-refractivity contribution >= 4 is 12.0 Å². The van der Waals surface area contributed by atoms with Crippen LogP contribution < -0.4 is 0 Å². The Morgan fingerprint density at radius 1 is 1.08 bits per heavy atom. The normalized spacial score (nSPS) is 13.8. The van der Waals surface area contributed by atoms with Crippen molar-refractivity contribution in [1.29, 1.82) is 0 Å². The molecule has 0 aliphatic rings. The minimum atomic E-state index is -4.88. The maximum Gasteiger partial charge on any atom is 0.467 e. The van der Waals surface area contributed by atoms with Gasteiger partial charge in [-0.15, -0.1) is 0 Å². The summed E-state index contributed by atoms with van der Waals surface area (Å²) in [6.45, 7) is -1.98. The highest BCUT2D eigenvalue weighted by atomic mass is 32.2. The molecule has 0 unspecified atom stereocenters. The highest BCUT2D eigenvalue weighted by molar-refractivity contribution is 7.95. The molecule has 13 heavy (non-hydrogen) atoms. The van der Waals surface area contributed by atoms with Crippen molar-refractivity contribution in [3.63, 3.8) is 0 Å². The zero-order chi connectivity index (χ0) is 10.7. The lowest BCUT2D eigenvalue weighted by Crippen LogP contribution is -2.31. The predicted molar refractivity (Wildman–Crippen MR) is 30.5 cm³/mol. The fourth-order valence-corrected chi connectivity index (χ4v) is 0.588. The molecule has 0 atom stereocenters. The molecule has 0 amide bonds. The Balaban J connectivity index is 3.77. The molecule has 0 fully saturated rings. The first-order chi connectivity index (χ1) is 5.65. The second kappa shape index (κ2) is 4.36. The van der Waals surface area contributed by atoms with Gasteiger partial charge in [-0.1, -0.05) is 0 Å². The van der Waals surface area contributed by atoms with E-state index in [9.17, 15) is 30.7 Å². The van der Waals surface area contributed by atoms with Crippen LogP contribution in [-0.2, 0) is 4.18 Å². The van der Waals surface area contributed by atoms with Crippen LogP contribution >= 0.6 is 12.0 Å². The van der Waals surface area contributed by atoms with E-state index < -0.39 is 36.5 Å². The van der Waals surface area contributed by atoms with Crippen LogP contribution in [0, 0.1) is 0 Å². The molecule has 0 heterocycles. The van der Waals surface area contributed by atoms with Gasteiger partial charge in [-0.25, -0.2) is 8.78 Å². The highest BCUT2D eigenvalue weighted by Gasteiger charge is 2.42. The van der Waals surface area contributed by atoms with Gasteiger partial charge in [0.1, 0.15) is 18.6 Å². The van der Waals surface area contributed by atoms with Crippen LogP contribution in [0.5, 0.6) is 0 Å². The minimum Gasteiger partial charge on any atom is -0.301 e. The summed E-state index contributed by atoms with van der Waals surface area (Å²) in [5.74, 6) is -4.56. The van der Waals surface area contributed by atoms with E-state index in [1.807, 2.05) is 0 Å². The van der Waals surface area contributed by atoms with E-state index in [-0.39, 0.29) is 0 Å². The summed E-state index contributed by atoms with van der Waals surface area (Å²) in [5, 5.41) is 0. The molecule has 0 aliphatic carbocycles. The molecule has 0 aromatic rings. The number of alkyl halides is 7. The van der Waals surface area contributed by atoms with Crippen LogP contribution in [0.4, 0.5) is 30.7 Å². The second-order valence-corrected chi connectivity index (χ2v) is 2.72. The Kier molecular flexibility index (Phi) is 4.30. The Morgan fingerprint density at radius 3 is 1.85 bits per heavy atom. The molecule has 1 nitrogen and oxygen atoms in total. The molecule has 0 aromatic carbocycles. The highest BCUT2D eigenvalue weighted by Crippen LogP contribution is 2.33. The quantitative estimate of drug-likeness (QED) is 0.544. The summed E-state index contributed by atoms with van der Waals surface area (Å²) in [4.78, 5) is 0. The average molecular weight is 232 g/mol. The number of hydrogen-bond donors (Lipinski definition) is 0. The van der Waals surface area contributed by atoms with E-state index in [0.29, 0.717) is 0 Å². The number of hydrogen-bond acceptors (Lipinski definition) is 2. The summed E-state index contributed by atoms with van der Waals surface area (Å²) in [6, 6.07) is 0. The molecule has 0 aliphatic heterocycles. The van der Waals surface area contributed by atoms with Crippen molar-refractivity contribution in [2.75, 3.05) is 6.61 Å². The molecule has 0 rings (SSSR count). The van der Waals surface area contributed by atoms with Gasteiger partial charge in [-0.3, -0.25) is 0 Å². The van der Waals surface area contributed by atoms with E-state index >= 15 is 0 Å². The summed E-state index contributed by atoms with van der Waals surface area (Å²) in [5.41, 5.74) is -4.88. The molecule has 0 saturated carbocycles. The van der Waals surface area contributed by atoms with E-state index in [4.69, 9.17) is 0 Å². The monoisotopic (exact) mass is 232 g/mol. The van der Waals surface area contributed by atoms with Gasteiger partial charge < -0.3 is 4.18 Å². The van der Waals surface area contributed by atoms with Crippen LogP contribution in [0.1, 0.15) is 0 Å². The van der Waals surface area contributed by atoms with Gasteiger partial charge in [-0.2, -0.15) is 22.0 Å². The SMILES string of the molecule is FC(F)C(F)(F)COSC(F)(F)F. The first-order valence-electron chi connectivity index (χ1n) is 2.68. The minimum absolute atomic E-state index is 1.24. The third kappa shape index (κ3) is 5.97. The first-order valence-corrected chi connectivity index (χ1v) is 3.42. The predicted octanol–water partition coefficient (Wildman–Crippen LogP) is 3.07. The molecule has 0 saturated heterocycles. The third-order valence-electron chi connectivity index (χ3n) is 0.724. The van der Waals surface area contributed by atoms with Gasteiger partial charge in [0.25, 0.3) is 0 Å². The van der Waals surface area contributed by atoms with Crippen LogP contribution in [0.25, 0.3) is 0 Å². The molecule has 9 heteroatoms. The zero-order valence-electron chi connectivity index (χ0n) is 5.75. The van der Waals surface area contributed by atoms with Gasteiger partial charge in [-0.05, 0) is 0 Å². The van der Waals surface area contributed by atoms with Gasteiger partial charge in [0, 0.05) is 0 Å². The van der Waals surface area contributed by atoms with Crippen LogP contribution in [0.15, 0.2) is 0 Å². The Bertz CT molecular complexity index is 155. The summed E-state index contributed by atoms with van der Waals surface area (Å²) in [7, 11) is 0. The fourth-order valence-electron chi connectivity index (χ4n) is 0.238. The van der Waals surface area contributed by atoms with Crippen molar-refractivity contribution in [3.05, 3.63) is 0 Å². The molecule has 0 N–H and O–H groups in total. The maximum absolute atomic E-state index is 11.9. The Labute approximate surface area is 72.4 Å². The van der Waals surface area contributed by atoms with Crippen molar-refractivity contribution in [2.45, 2.75) is 17.9 Å². The number of halogens is 7. The van der Waals surface area contributed by atoms with Gasteiger partial charge in [0.2, 0.25) is 0 Å². The zero-order valence-corrected chi connectivity index (χ0v) is 6.56. The first kappa shape index (κ1) is 12.8. The van der Waals surface area contributed by atoms with Gasteiger partial charge in [0.05, 0.1) is 0 Å². The maximum atomic E-state index is 11.9.